The first kappa shape index (κ1) is 42.8. The molecule has 4 fully saturated rings. The minimum absolute atomic E-state index is 0.0811. The summed E-state index contributed by atoms with van der Waals surface area (Å²) in [4.78, 5) is 63.4. The van der Waals surface area contributed by atoms with Gasteiger partial charge in [-0.15, -0.1) is 0 Å². The summed E-state index contributed by atoms with van der Waals surface area (Å²) in [6.07, 6.45) is 4.40. The first-order chi connectivity index (χ1) is 30.2. The SMILES string of the molecule is O=C(Nc1ccc(C#Cc2ccc(NC(=O)[C@@H]3CCCN3C(=O)[C@@H](c3ccccc3)N3CCC(O)CC3)cc2)cc1)[C@@H]1CCCN1C(=O)[C@@H](c1ccccc1)N1CCC(O)CC1. The lowest BCUT2D eigenvalue weighted by Gasteiger charge is -2.38. The van der Waals surface area contributed by atoms with Gasteiger partial charge in [0, 0.05) is 61.8 Å². The van der Waals surface area contributed by atoms with E-state index in [4.69, 9.17) is 0 Å². The Hall–Kier alpha value is -5.84. The van der Waals surface area contributed by atoms with Crippen molar-refractivity contribution in [3.63, 3.8) is 0 Å². The molecule has 4 atom stereocenters. The Kier molecular flexibility index (Phi) is 13.8. The molecule has 8 rings (SSSR count). The predicted octanol–water partition coefficient (Wildman–Crippen LogP) is 5.34. The number of carbonyl (C=O) groups excluding carboxylic acids is 4. The van der Waals surface area contributed by atoms with Gasteiger partial charge in [0.25, 0.3) is 0 Å². The van der Waals surface area contributed by atoms with Crippen LogP contribution in [0.25, 0.3) is 0 Å². The Morgan fingerprint density at radius 3 is 1.19 bits per heavy atom. The van der Waals surface area contributed by atoms with Crippen LogP contribution in [0.15, 0.2) is 109 Å². The van der Waals surface area contributed by atoms with Crippen LogP contribution in [0.1, 0.15) is 85.7 Å². The molecule has 4 amide bonds. The van der Waals surface area contributed by atoms with Gasteiger partial charge in [0.05, 0.1) is 12.2 Å². The van der Waals surface area contributed by atoms with Crippen molar-refractivity contribution in [3.05, 3.63) is 131 Å². The summed E-state index contributed by atoms with van der Waals surface area (Å²) in [5, 5.41) is 26.3. The molecule has 0 aliphatic carbocycles. The summed E-state index contributed by atoms with van der Waals surface area (Å²) < 4.78 is 0. The topological polar surface area (TPSA) is 146 Å². The van der Waals surface area contributed by atoms with Crippen LogP contribution in [-0.2, 0) is 19.2 Å². The number of rotatable bonds is 10. The number of nitrogens with zero attached hydrogens (tertiary/aromatic N) is 4. The van der Waals surface area contributed by atoms with Crippen molar-refractivity contribution in [2.75, 3.05) is 49.9 Å². The Balaban J connectivity index is 0.858. The second-order valence-electron chi connectivity index (χ2n) is 16.9. The van der Waals surface area contributed by atoms with Crippen molar-refractivity contribution in [1.29, 1.82) is 0 Å². The van der Waals surface area contributed by atoms with E-state index in [1.54, 1.807) is 9.80 Å². The monoisotopic (exact) mass is 836 g/mol. The Morgan fingerprint density at radius 1 is 0.484 bits per heavy atom. The van der Waals surface area contributed by atoms with Gasteiger partial charge in [0.15, 0.2) is 0 Å². The fraction of sp³-hybridized carbons (Fsp3) is 0.400. The molecule has 4 aromatic carbocycles. The van der Waals surface area contributed by atoms with E-state index < -0.39 is 24.2 Å². The standard InChI is InChI=1S/C50H56N6O6/c57-41-25-31-53(32-26-41)45(37-9-3-1-4-10-37)49(61)55-29-7-13-43(55)47(59)51-39-21-17-35(18-22-39)15-16-36-19-23-40(24-20-36)52-48(60)44-14-8-30-56(44)50(62)46(38-11-5-2-6-12-38)54-33-27-42(58)28-34-54/h1-6,9-12,17-24,41-46,57-58H,7-8,13-14,25-34H2,(H,51,59)(H,52,60)/t43-,44-,45+,46+/m0/s1. The number of aliphatic hydroxyl groups excluding tert-OH is 2. The number of anilines is 2. The number of hydrogen-bond acceptors (Lipinski definition) is 8. The predicted molar refractivity (Wildman–Crippen MR) is 238 cm³/mol. The third-order valence-electron chi connectivity index (χ3n) is 12.8. The van der Waals surface area contributed by atoms with Crippen LogP contribution in [-0.4, -0.2) is 117 Å². The number of hydrogen-bond donors (Lipinski definition) is 4. The maximum absolute atomic E-state index is 14.2. The smallest absolute Gasteiger partial charge is 0.247 e. The van der Waals surface area contributed by atoms with E-state index in [9.17, 15) is 29.4 Å². The lowest BCUT2D eigenvalue weighted by atomic mass is 9.99. The largest absolute Gasteiger partial charge is 0.393 e. The molecule has 322 valence electrons. The third-order valence-corrected chi connectivity index (χ3v) is 12.8. The average molecular weight is 837 g/mol. The molecule has 62 heavy (non-hydrogen) atoms. The van der Waals surface area contributed by atoms with Crippen molar-refractivity contribution in [2.24, 2.45) is 0 Å². The van der Waals surface area contributed by atoms with Crippen LogP contribution < -0.4 is 10.6 Å². The van der Waals surface area contributed by atoms with E-state index in [1.165, 1.54) is 0 Å². The molecule has 4 N–H and O–H groups in total. The van der Waals surface area contributed by atoms with Gasteiger partial charge in [-0.2, -0.15) is 0 Å². The maximum Gasteiger partial charge on any atom is 0.247 e. The maximum atomic E-state index is 14.2. The average Bonchev–Trinajstić information content (AvgIpc) is 4.01. The van der Waals surface area contributed by atoms with E-state index in [0.29, 0.717) is 89.2 Å². The number of piperidine rings is 2. The van der Waals surface area contributed by atoms with Crippen molar-refractivity contribution >= 4 is 35.0 Å². The van der Waals surface area contributed by atoms with Gasteiger partial charge in [-0.3, -0.25) is 29.0 Å². The van der Waals surface area contributed by atoms with Crippen LogP contribution in [0.3, 0.4) is 0 Å². The van der Waals surface area contributed by atoms with Crippen molar-refractivity contribution in [1.82, 2.24) is 19.6 Å². The number of aliphatic hydroxyl groups is 2. The van der Waals surface area contributed by atoms with Gasteiger partial charge < -0.3 is 30.6 Å². The van der Waals surface area contributed by atoms with Crippen LogP contribution in [0.5, 0.6) is 0 Å². The molecular formula is C50H56N6O6. The van der Waals surface area contributed by atoms with Crippen LogP contribution in [0, 0.1) is 11.8 Å². The number of likely N-dealkylation sites (tertiary alicyclic amines) is 4. The Bertz CT molecular complexity index is 2070. The number of amides is 4. The second-order valence-corrected chi connectivity index (χ2v) is 16.9. The van der Waals surface area contributed by atoms with Crippen LogP contribution in [0.4, 0.5) is 11.4 Å². The van der Waals surface area contributed by atoms with Gasteiger partial charge in [-0.1, -0.05) is 72.5 Å². The molecule has 4 aliphatic heterocycles. The van der Waals surface area contributed by atoms with Crippen LogP contribution >= 0.6 is 0 Å². The summed E-state index contributed by atoms with van der Waals surface area (Å²) in [6.45, 7) is 3.49. The fourth-order valence-corrected chi connectivity index (χ4v) is 9.37. The van der Waals surface area contributed by atoms with Crippen molar-refractivity contribution in [2.45, 2.75) is 87.7 Å². The Labute approximate surface area is 363 Å². The zero-order chi connectivity index (χ0) is 43.0. The normalized spacial score (nSPS) is 21.1. The van der Waals surface area contributed by atoms with E-state index in [1.807, 2.05) is 109 Å². The molecule has 4 aliphatic rings. The summed E-state index contributed by atoms with van der Waals surface area (Å²) in [5.41, 5.74) is 4.55. The first-order valence-electron chi connectivity index (χ1n) is 22.1. The van der Waals surface area contributed by atoms with Gasteiger partial charge in [-0.25, -0.2) is 0 Å². The molecular weight excluding hydrogens is 781 g/mol. The molecule has 0 aromatic heterocycles. The number of benzene rings is 4. The summed E-state index contributed by atoms with van der Waals surface area (Å²) in [7, 11) is 0. The highest BCUT2D eigenvalue weighted by molar-refractivity contribution is 5.99. The van der Waals surface area contributed by atoms with Gasteiger partial charge in [0.1, 0.15) is 24.2 Å². The Morgan fingerprint density at radius 2 is 0.839 bits per heavy atom. The molecule has 0 saturated carbocycles. The van der Waals surface area contributed by atoms with Gasteiger partial charge >= 0.3 is 0 Å². The number of carbonyl (C=O) groups is 4. The zero-order valence-corrected chi connectivity index (χ0v) is 35.1. The highest BCUT2D eigenvalue weighted by atomic mass is 16.3. The van der Waals surface area contributed by atoms with Gasteiger partial charge in [-0.05, 0) is 111 Å². The van der Waals surface area contributed by atoms with Gasteiger partial charge in [0.2, 0.25) is 23.6 Å². The molecule has 0 unspecified atom stereocenters. The molecule has 12 nitrogen and oxygen atoms in total. The quantitative estimate of drug-likeness (QED) is 0.157. The van der Waals surface area contributed by atoms with Crippen molar-refractivity contribution < 1.29 is 29.4 Å². The minimum Gasteiger partial charge on any atom is -0.393 e. The molecule has 4 heterocycles. The van der Waals surface area contributed by atoms with Crippen LogP contribution in [0.2, 0.25) is 0 Å². The summed E-state index contributed by atoms with van der Waals surface area (Å²) in [5.74, 6) is 5.75. The van der Waals surface area contributed by atoms with E-state index in [2.05, 4.69) is 32.3 Å². The lowest BCUT2D eigenvalue weighted by Crippen LogP contribution is -2.50. The zero-order valence-electron chi connectivity index (χ0n) is 35.1. The molecule has 4 saturated heterocycles. The summed E-state index contributed by atoms with van der Waals surface area (Å²) in [6, 6.07) is 31.8. The van der Waals surface area contributed by atoms with E-state index >= 15 is 0 Å². The molecule has 0 radical (unpaired) electrons. The molecule has 0 bridgehead atoms. The minimum atomic E-state index is -0.580. The highest BCUT2D eigenvalue weighted by Crippen LogP contribution is 2.32. The molecule has 4 aromatic rings. The highest BCUT2D eigenvalue weighted by Gasteiger charge is 2.42. The summed E-state index contributed by atoms with van der Waals surface area (Å²) >= 11 is 0. The van der Waals surface area contributed by atoms with E-state index in [0.717, 1.165) is 35.1 Å². The second kappa shape index (κ2) is 19.9. The number of nitrogens with one attached hydrogen (secondary N) is 2. The van der Waals surface area contributed by atoms with E-state index in [-0.39, 0.29) is 35.8 Å². The van der Waals surface area contributed by atoms with Crippen molar-refractivity contribution in [3.8, 4) is 11.8 Å². The third kappa shape index (κ3) is 10.1. The lowest BCUT2D eigenvalue weighted by molar-refractivity contribution is -0.142. The molecule has 0 spiro atoms. The first-order valence-corrected chi connectivity index (χ1v) is 22.1. The molecule has 12 heteroatoms. The fourth-order valence-electron chi connectivity index (χ4n) is 9.37.